The third-order valence-electron chi connectivity index (χ3n) is 3.65. The van der Waals surface area contributed by atoms with E-state index in [4.69, 9.17) is 0 Å². The number of amides is 1. The lowest BCUT2D eigenvalue weighted by molar-refractivity contribution is 0.0686. The summed E-state index contributed by atoms with van der Waals surface area (Å²) in [7, 11) is 0. The summed E-state index contributed by atoms with van der Waals surface area (Å²) in [6, 6.07) is 5.61. The van der Waals surface area contributed by atoms with Crippen molar-refractivity contribution in [1.29, 1.82) is 0 Å². The highest BCUT2D eigenvalue weighted by molar-refractivity contribution is 14.1. The molecule has 1 atom stereocenters. The van der Waals surface area contributed by atoms with Gasteiger partial charge in [-0.05, 0) is 74.0 Å². The Morgan fingerprint density at radius 2 is 2.30 bits per heavy atom. The molecular weight excluding hydrogens is 367 g/mol. The third-order valence-corrected chi connectivity index (χ3v) is 4.32. The van der Waals surface area contributed by atoms with Gasteiger partial charge in [-0.3, -0.25) is 4.79 Å². The van der Waals surface area contributed by atoms with Gasteiger partial charge in [0.1, 0.15) is 5.75 Å². The molecule has 1 saturated heterocycles. The Bertz CT molecular complexity index is 485. The average Bonchev–Trinajstić information content (AvgIpc) is 2.90. The van der Waals surface area contributed by atoms with Crippen molar-refractivity contribution in [3.8, 4) is 5.75 Å². The summed E-state index contributed by atoms with van der Waals surface area (Å²) in [6.45, 7) is 5.75. The second kappa shape index (κ2) is 6.76. The number of hydrogen-bond acceptors (Lipinski definition) is 3. The van der Waals surface area contributed by atoms with Crippen LogP contribution in [0.1, 0.15) is 37.0 Å². The van der Waals surface area contributed by atoms with Gasteiger partial charge in [0.15, 0.2) is 0 Å². The van der Waals surface area contributed by atoms with Crippen LogP contribution in [0.3, 0.4) is 0 Å². The molecule has 1 aliphatic rings. The van der Waals surface area contributed by atoms with Gasteiger partial charge in [0.2, 0.25) is 0 Å². The van der Waals surface area contributed by atoms with Crippen LogP contribution in [0.15, 0.2) is 18.2 Å². The monoisotopic (exact) mass is 388 g/mol. The zero-order valence-corrected chi connectivity index (χ0v) is 14.1. The highest BCUT2D eigenvalue weighted by Gasteiger charge is 2.26. The van der Waals surface area contributed by atoms with E-state index in [0.29, 0.717) is 18.2 Å². The summed E-state index contributed by atoms with van der Waals surface area (Å²) in [5.41, 5.74) is 0.392. The number of carbonyl (C=O) groups excluding carboxylic acids is 1. The van der Waals surface area contributed by atoms with Crippen molar-refractivity contribution < 1.29 is 9.90 Å². The molecule has 1 aromatic carbocycles. The Morgan fingerprint density at radius 1 is 1.55 bits per heavy atom. The summed E-state index contributed by atoms with van der Waals surface area (Å²) < 4.78 is 0.950. The second-order valence-corrected chi connectivity index (χ2v) is 6.75. The van der Waals surface area contributed by atoms with E-state index >= 15 is 0 Å². The molecule has 1 aromatic rings. The number of carbonyl (C=O) groups is 1. The van der Waals surface area contributed by atoms with E-state index in [0.717, 1.165) is 16.5 Å². The maximum Gasteiger partial charge on any atom is 0.257 e. The summed E-state index contributed by atoms with van der Waals surface area (Å²) in [5.74, 6) is -0.0369. The first kappa shape index (κ1) is 15.6. The van der Waals surface area contributed by atoms with E-state index in [-0.39, 0.29) is 17.7 Å². The van der Waals surface area contributed by atoms with Crippen LogP contribution in [0.4, 0.5) is 0 Å². The standard InChI is InChI=1S/C15H21IN2O2/c1-10(2)18(9-12-4-3-7-17-12)15(20)13-8-11(16)5-6-14(13)19/h5-6,8,10,12,17,19H,3-4,7,9H2,1-2H3. The van der Waals surface area contributed by atoms with Gasteiger partial charge in [0.05, 0.1) is 5.56 Å². The molecular formula is C15H21IN2O2. The Hall–Kier alpha value is -0.820. The van der Waals surface area contributed by atoms with Gasteiger partial charge in [-0.1, -0.05) is 0 Å². The van der Waals surface area contributed by atoms with Crippen LogP contribution in [0, 0.1) is 3.57 Å². The Balaban J connectivity index is 2.19. The molecule has 0 bridgehead atoms. The molecule has 1 aliphatic heterocycles. The van der Waals surface area contributed by atoms with Crippen molar-refractivity contribution in [2.75, 3.05) is 13.1 Å². The van der Waals surface area contributed by atoms with E-state index in [1.807, 2.05) is 18.7 Å². The van der Waals surface area contributed by atoms with Crippen LogP contribution in [-0.2, 0) is 0 Å². The van der Waals surface area contributed by atoms with Gasteiger partial charge in [-0.2, -0.15) is 0 Å². The van der Waals surface area contributed by atoms with Crippen LogP contribution < -0.4 is 5.32 Å². The van der Waals surface area contributed by atoms with Crippen LogP contribution in [0.5, 0.6) is 5.75 Å². The van der Waals surface area contributed by atoms with Gasteiger partial charge in [-0.25, -0.2) is 0 Å². The normalized spacial score (nSPS) is 18.5. The van der Waals surface area contributed by atoms with E-state index < -0.39 is 0 Å². The molecule has 2 N–H and O–H groups in total. The van der Waals surface area contributed by atoms with Crippen molar-refractivity contribution in [3.63, 3.8) is 0 Å². The topological polar surface area (TPSA) is 52.6 Å². The number of benzene rings is 1. The number of rotatable bonds is 4. The van der Waals surface area contributed by atoms with Gasteiger partial charge in [-0.15, -0.1) is 0 Å². The van der Waals surface area contributed by atoms with Crippen molar-refractivity contribution >= 4 is 28.5 Å². The molecule has 1 fully saturated rings. The van der Waals surface area contributed by atoms with Crippen LogP contribution >= 0.6 is 22.6 Å². The lowest BCUT2D eigenvalue weighted by atomic mass is 10.1. The summed E-state index contributed by atoms with van der Waals surface area (Å²) in [5, 5.41) is 13.3. The minimum Gasteiger partial charge on any atom is -0.507 e. The first-order chi connectivity index (χ1) is 9.49. The van der Waals surface area contributed by atoms with Crippen molar-refractivity contribution in [2.24, 2.45) is 0 Å². The summed E-state index contributed by atoms with van der Waals surface area (Å²) in [4.78, 5) is 14.5. The fraction of sp³-hybridized carbons (Fsp3) is 0.533. The molecule has 20 heavy (non-hydrogen) atoms. The van der Waals surface area contributed by atoms with Crippen molar-refractivity contribution in [3.05, 3.63) is 27.3 Å². The maximum absolute atomic E-state index is 12.7. The molecule has 1 heterocycles. The average molecular weight is 388 g/mol. The molecule has 4 nitrogen and oxygen atoms in total. The third kappa shape index (κ3) is 3.63. The number of phenolic OH excluding ortho intramolecular Hbond substituents is 1. The fourth-order valence-electron chi connectivity index (χ4n) is 2.51. The predicted octanol–water partition coefficient (Wildman–Crippen LogP) is 2.60. The van der Waals surface area contributed by atoms with E-state index in [2.05, 4.69) is 27.9 Å². The number of aromatic hydroxyl groups is 1. The van der Waals surface area contributed by atoms with Gasteiger partial charge >= 0.3 is 0 Å². The van der Waals surface area contributed by atoms with Crippen LogP contribution in [-0.4, -0.2) is 41.1 Å². The summed E-state index contributed by atoms with van der Waals surface area (Å²) >= 11 is 2.15. The molecule has 2 rings (SSSR count). The first-order valence-corrected chi connectivity index (χ1v) is 8.09. The molecule has 0 spiro atoms. The molecule has 5 heteroatoms. The smallest absolute Gasteiger partial charge is 0.257 e. The maximum atomic E-state index is 12.7. The fourth-order valence-corrected chi connectivity index (χ4v) is 3.00. The molecule has 0 radical (unpaired) electrons. The van der Waals surface area contributed by atoms with Gasteiger partial charge < -0.3 is 15.3 Å². The molecule has 1 amide bonds. The largest absolute Gasteiger partial charge is 0.507 e. The van der Waals surface area contributed by atoms with Crippen LogP contribution in [0.2, 0.25) is 0 Å². The molecule has 0 aliphatic carbocycles. The second-order valence-electron chi connectivity index (χ2n) is 5.51. The SMILES string of the molecule is CC(C)N(CC1CCCN1)C(=O)c1cc(I)ccc1O. The predicted molar refractivity (Wildman–Crippen MR) is 88.0 cm³/mol. The van der Waals surface area contributed by atoms with Gasteiger partial charge in [0.25, 0.3) is 5.91 Å². The lowest BCUT2D eigenvalue weighted by Crippen LogP contribution is -2.44. The van der Waals surface area contributed by atoms with Gasteiger partial charge in [0, 0.05) is 22.2 Å². The number of halogens is 1. The van der Waals surface area contributed by atoms with E-state index in [1.54, 1.807) is 18.2 Å². The number of nitrogens with one attached hydrogen (secondary N) is 1. The quantitative estimate of drug-likeness (QED) is 0.780. The van der Waals surface area contributed by atoms with E-state index in [1.165, 1.54) is 6.42 Å². The molecule has 1 unspecified atom stereocenters. The zero-order chi connectivity index (χ0) is 14.7. The van der Waals surface area contributed by atoms with Crippen molar-refractivity contribution in [2.45, 2.75) is 38.8 Å². The summed E-state index contributed by atoms with van der Waals surface area (Å²) in [6.07, 6.45) is 2.27. The lowest BCUT2D eigenvalue weighted by Gasteiger charge is -2.30. The number of nitrogens with zero attached hydrogens (tertiary/aromatic N) is 1. The van der Waals surface area contributed by atoms with Crippen molar-refractivity contribution in [1.82, 2.24) is 10.2 Å². The van der Waals surface area contributed by atoms with Crippen LogP contribution in [0.25, 0.3) is 0 Å². The zero-order valence-electron chi connectivity index (χ0n) is 11.9. The highest BCUT2D eigenvalue weighted by atomic mass is 127. The Morgan fingerprint density at radius 3 is 2.90 bits per heavy atom. The van der Waals surface area contributed by atoms with E-state index in [9.17, 15) is 9.90 Å². The number of phenols is 1. The first-order valence-electron chi connectivity index (χ1n) is 7.02. The number of hydrogen-bond donors (Lipinski definition) is 2. The Kier molecular flexibility index (Phi) is 5.26. The minimum atomic E-state index is -0.0929. The minimum absolute atomic E-state index is 0.0560. The molecule has 0 aromatic heterocycles. The molecule has 110 valence electrons. The Labute approximate surface area is 133 Å². The highest BCUT2D eigenvalue weighted by Crippen LogP contribution is 2.23. The molecule has 0 saturated carbocycles.